The lowest BCUT2D eigenvalue weighted by Crippen LogP contribution is -2.42. The summed E-state index contributed by atoms with van der Waals surface area (Å²) in [4.78, 5) is 42.2. The van der Waals surface area contributed by atoms with Crippen LogP contribution in [-0.2, 0) is 4.79 Å². The van der Waals surface area contributed by atoms with Crippen molar-refractivity contribution < 1.29 is 14.3 Å². The van der Waals surface area contributed by atoms with Gasteiger partial charge in [-0.05, 0) is 70.7 Å². The molecule has 1 aliphatic heterocycles. The molecule has 0 amide bonds. The van der Waals surface area contributed by atoms with E-state index in [1.807, 2.05) is 0 Å². The molecule has 3 heterocycles. The Morgan fingerprint density at radius 2 is 1.97 bits per heavy atom. The zero-order valence-electron chi connectivity index (χ0n) is 20.8. The number of carbonyl (C=O) groups excluding carboxylic acids is 2. The maximum Gasteiger partial charge on any atom is 0.228 e. The third kappa shape index (κ3) is 4.59. The maximum absolute atomic E-state index is 13.8. The Balaban J connectivity index is 1.51. The Hall–Kier alpha value is -3.33. The molecule has 1 spiro atoms. The van der Waals surface area contributed by atoms with Gasteiger partial charge in [-0.3, -0.25) is 9.59 Å². The molecule has 1 saturated carbocycles. The van der Waals surface area contributed by atoms with Crippen LogP contribution in [0.1, 0.15) is 68.4 Å². The van der Waals surface area contributed by atoms with Crippen LogP contribution in [0.3, 0.4) is 0 Å². The van der Waals surface area contributed by atoms with Gasteiger partial charge in [0, 0.05) is 41.6 Å². The summed E-state index contributed by atoms with van der Waals surface area (Å²) in [5.74, 6) is 0.574. The van der Waals surface area contributed by atoms with Crippen LogP contribution >= 0.6 is 0 Å². The van der Waals surface area contributed by atoms with Gasteiger partial charge in [0.25, 0.3) is 0 Å². The number of aromatic nitrogens is 3. The quantitative estimate of drug-likeness (QED) is 0.584. The number of carbonyl (C=O) groups is 2. The van der Waals surface area contributed by atoms with Crippen LogP contribution in [0.15, 0.2) is 35.7 Å². The summed E-state index contributed by atoms with van der Waals surface area (Å²) in [5.41, 5.74) is 13.8. The van der Waals surface area contributed by atoms with Crippen LogP contribution in [0.25, 0.3) is 11.3 Å². The minimum Gasteiger partial charge on any atom is -0.476 e. The molecule has 0 aromatic carbocycles. The Labute approximate surface area is 211 Å². The van der Waals surface area contributed by atoms with E-state index in [2.05, 4.69) is 26.9 Å². The van der Waals surface area contributed by atoms with Crippen LogP contribution in [0.5, 0.6) is 5.88 Å². The molecule has 2 atom stereocenters. The van der Waals surface area contributed by atoms with Crippen molar-refractivity contribution in [3.8, 4) is 17.1 Å². The number of pyridine rings is 1. The maximum atomic E-state index is 13.8. The lowest BCUT2D eigenvalue weighted by atomic mass is 9.64. The topological polar surface area (TPSA) is 137 Å². The first-order valence-corrected chi connectivity index (χ1v) is 12.9. The molecule has 2 aromatic heterocycles. The van der Waals surface area contributed by atoms with Gasteiger partial charge in [-0.15, -0.1) is 0 Å². The van der Waals surface area contributed by atoms with Gasteiger partial charge in [0.2, 0.25) is 17.5 Å². The Morgan fingerprint density at radius 1 is 1.14 bits per heavy atom. The van der Waals surface area contributed by atoms with Crippen molar-refractivity contribution in [1.29, 1.82) is 0 Å². The number of likely N-dealkylation sites (N-methyl/N-ethyl adjacent to an activating group) is 1. The Bertz CT molecular complexity index is 1190. The van der Waals surface area contributed by atoms with Gasteiger partial charge in [0.15, 0.2) is 0 Å². The van der Waals surface area contributed by atoms with Crippen LogP contribution in [0.2, 0.25) is 0 Å². The highest BCUT2D eigenvalue weighted by Gasteiger charge is 2.46. The fourth-order valence-corrected chi connectivity index (χ4v) is 5.81. The first-order valence-electron chi connectivity index (χ1n) is 12.9. The van der Waals surface area contributed by atoms with E-state index in [-0.39, 0.29) is 17.4 Å². The zero-order valence-corrected chi connectivity index (χ0v) is 20.8. The second-order valence-electron chi connectivity index (χ2n) is 10.3. The monoisotopic (exact) mass is 490 g/mol. The van der Waals surface area contributed by atoms with E-state index in [0.29, 0.717) is 72.6 Å². The number of allylic oxidation sites excluding steroid dienone is 2. The summed E-state index contributed by atoms with van der Waals surface area (Å²) in [7, 11) is 2.09. The van der Waals surface area contributed by atoms with Crippen LogP contribution in [0, 0.1) is 5.41 Å². The average Bonchev–Trinajstić information content (AvgIpc) is 3.30. The van der Waals surface area contributed by atoms with Crippen molar-refractivity contribution in [2.45, 2.75) is 63.8 Å². The van der Waals surface area contributed by atoms with Gasteiger partial charge in [-0.25, -0.2) is 9.97 Å². The van der Waals surface area contributed by atoms with Crippen molar-refractivity contribution >= 4 is 17.4 Å². The number of nitrogens with zero attached hydrogens (tertiary/aromatic N) is 4. The second-order valence-corrected chi connectivity index (χ2v) is 10.3. The molecule has 2 aliphatic carbocycles. The van der Waals surface area contributed by atoms with Gasteiger partial charge in [0.05, 0.1) is 11.1 Å². The van der Waals surface area contributed by atoms with Gasteiger partial charge < -0.3 is 21.1 Å². The van der Waals surface area contributed by atoms with E-state index in [1.54, 1.807) is 24.4 Å². The fourth-order valence-electron chi connectivity index (χ4n) is 5.81. The van der Waals surface area contributed by atoms with Gasteiger partial charge in [-0.1, -0.05) is 6.42 Å². The number of ether oxygens (including phenoxy) is 1. The first-order chi connectivity index (χ1) is 17.4. The van der Waals surface area contributed by atoms with Gasteiger partial charge in [-0.2, -0.15) is 4.98 Å². The highest BCUT2D eigenvalue weighted by molar-refractivity contribution is 6.08. The number of hydrogen-bond acceptors (Lipinski definition) is 9. The lowest BCUT2D eigenvalue weighted by molar-refractivity contribution is -0.129. The molecule has 2 fully saturated rings. The van der Waals surface area contributed by atoms with Gasteiger partial charge >= 0.3 is 0 Å². The summed E-state index contributed by atoms with van der Waals surface area (Å²) >= 11 is 0. The predicted molar refractivity (Wildman–Crippen MR) is 136 cm³/mol. The number of nitrogen functional groups attached to an aromatic ring is 1. The Kier molecular flexibility index (Phi) is 6.75. The third-order valence-corrected chi connectivity index (χ3v) is 8.02. The van der Waals surface area contributed by atoms with E-state index in [0.717, 1.165) is 38.6 Å². The zero-order chi connectivity index (χ0) is 25.3. The van der Waals surface area contributed by atoms with Crippen LogP contribution < -0.4 is 16.2 Å². The largest absolute Gasteiger partial charge is 0.476 e. The van der Waals surface area contributed by atoms with Crippen molar-refractivity contribution in [3.05, 3.63) is 41.5 Å². The number of anilines is 1. The summed E-state index contributed by atoms with van der Waals surface area (Å²) < 4.78 is 6.09. The first kappa shape index (κ1) is 24.4. The number of nitrogens with two attached hydrogens (primary N) is 2. The predicted octanol–water partition coefficient (Wildman–Crippen LogP) is 3.30. The number of likely N-dealkylation sites (tertiary alicyclic amines) is 1. The van der Waals surface area contributed by atoms with E-state index in [4.69, 9.17) is 16.2 Å². The molecular formula is C27H34N6O3. The molecule has 0 radical (unpaired) electrons. The summed E-state index contributed by atoms with van der Waals surface area (Å²) in [6, 6.07) is 5.52. The smallest absolute Gasteiger partial charge is 0.228 e. The molecule has 190 valence electrons. The van der Waals surface area contributed by atoms with E-state index >= 15 is 0 Å². The summed E-state index contributed by atoms with van der Waals surface area (Å²) in [5, 5.41) is 0. The van der Waals surface area contributed by atoms with Crippen molar-refractivity contribution in [1.82, 2.24) is 19.9 Å². The number of ketones is 2. The molecule has 4 N–H and O–H groups in total. The summed E-state index contributed by atoms with van der Waals surface area (Å²) in [6.45, 7) is 1.51. The fraction of sp³-hybridized carbons (Fsp3) is 0.519. The third-order valence-electron chi connectivity index (χ3n) is 8.02. The average molecular weight is 491 g/mol. The van der Waals surface area contributed by atoms with Crippen LogP contribution in [-0.4, -0.2) is 57.7 Å². The number of rotatable bonds is 6. The van der Waals surface area contributed by atoms with E-state index < -0.39 is 5.41 Å². The minimum absolute atomic E-state index is 0.0253. The molecule has 9 heteroatoms. The van der Waals surface area contributed by atoms with Crippen LogP contribution in [0.4, 0.5) is 5.82 Å². The minimum atomic E-state index is -0.716. The lowest BCUT2D eigenvalue weighted by Gasteiger charge is -2.40. The molecule has 0 unspecified atom stereocenters. The second kappa shape index (κ2) is 9.97. The van der Waals surface area contributed by atoms with Crippen molar-refractivity contribution in [3.63, 3.8) is 0 Å². The Morgan fingerprint density at radius 3 is 2.69 bits per heavy atom. The normalized spacial score (nSPS) is 24.9. The number of Topliss-reactive ketones (excluding diaryl/α,β-unsaturated/α-hetero) is 2. The highest BCUT2D eigenvalue weighted by Crippen LogP contribution is 2.47. The number of hydrogen-bond donors (Lipinski definition) is 2. The molecule has 1 saturated heterocycles. The summed E-state index contributed by atoms with van der Waals surface area (Å²) in [6.07, 6.45) is 8.82. The molecule has 9 nitrogen and oxygen atoms in total. The van der Waals surface area contributed by atoms with Crippen molar-refractivity contribution in [2.75, 3.05) is 25.9 Å². The molecule has 0 bridgehead atoms. The molecule has 3 aliphatic rings. The highest BCUT2D eigenvalue weighted by atomic mass is 16.5. The van der Waals surface area contributed by atoms with Crippen molar-refractivity contribution in [2.24, 2.45) is 11.1 Å². The molecule has 2 aromatic rings. The van der Waals surface area contributed by atoms with E-state index in [1.165, 1.54) is 0 Å². The molecular weight excluding hydrogens is 456 g/mol. The SMILES string of the molecule is CN1CCC[C@H]1COc1cc(-c2ccc(N)nc2)nc(C(=O)C2=C(N)[C@]3(CCCCC3=O)CCC2)n1. The van der Waals surface area contributed by atoms with Gasteiger partial charge in [0.1, 0.15) is 18.2 Å². The van der Waals surface area contributed by atoms with E-state index in [9.17, 15) is 9.59 Å². The molecule has 5 rings (SSSR count). The molecule has 36 heavy (non-hydrogen) atoms. The standard InChI is InChI=1S/C27H34N6O3/c1-33-13-5-6-18(33)16-36-23-14-20(17-9-10-22(28)30-15-17)31-26(32-23)24(35)19-7-4-12-27(25(19)29)11-3-2-8-21(27)34/h9-10,14-15,18H,2-8,11-13,16,29H2,1H3,(H2,28,30)/t18-,27+/m0/s1.